The van der Waals surface area contributed by atoms with Gasteiger partial charge in [-0.15, -0.1) is 0 Å². The maximum atomic E-state index is 13.9. The Kier molecular flexibility index (Phi) is 7.89. The van der Waals surface area contributed by atoms with Crippen LogP contribution in [0.1, 0.15) is 45.5 Å². The number of aromatic nitrogens is 2. The number of nitrogens with one attached hydrogen (secondary N) is 2. The molecule has 1 saturated heterocycles. The number of piperidine rings is 1. The van der Waals surface area contributed by atoms with Crippen molar-refractivity contribution in [2.45, 2.75) is 31.6 Å². The van der Waals surface area contributed by atoms with Gasteiger partial charge in [-0.25, -0.2) is 9.97 Å². The largest absolute Gasteiger partial charge is 0.417 e. The van der Waals surface area contributed by atoms with Crippen LogP contribution in [0, 0.1) is 0 Å². The number of aliphatic imine (C=N–C) groups is 1. The van der Waals surface area contributed by atoms with Gasteiger partial charge in [0.15, 0.2) is 0 Å². The summed E-state index contributed by atoms with van der Waals surface area (Å²) in [7, 11) is 1.94. The zero-order valence-electron chi connectivity index (χ0n) is 23.3. The molecule has 4 aromatic rings. The van der Waals surface area contributed by atoms with E-state index in [0.717, 1.165) is 18.9 Å². The first-order valence-electron chi connectivity index (χ1n) is 13.9. The van der Waals surface area contributed by atoms with Gasteiger partial charge in [-0.3, -0.25) is 9.79 Å². The number of hydrogen-bond acceptors (Lipinski definition) is 6. The van der Waals surface area contributed by atoms with E-state index in [4.69, 9.17) is 16.6 Å². The summed E-state index contributed by atoms with van der Waals surface area (Å²) < 4.78 is 41.8. The smallest absolute Gasteiger partial charge is 0.339 e. The van der Waals surface area contributed by atoms with Crippen molar-refractivity contribution in [3.05, 3.63) is 106 Å². The lowest BCUT2D eigenvalue weighted by atomic mass is 9.92. The molecule has 7 nitrogen and oxygen atoms in total. The van der Waals surface area contributed by atoms with Gasteiger partial charge in [0.25, 0.3) is 5.91 Å². The highest BCUT2D eigenvalue weighted by Crippen LogP contribution is 2.38. The van der Waals surface area contributed by atoms with E-state index in [1.807, 2.05) is 11.9 Å². The van der Waals surface area contributed by atoms with Gasteiger partial charge in [0, 0.05) is 63.9 Å². The van der Waals surface area contributed by atoms with Crippen molar-refractivity contribution >= 4 is 34.9 Å². The number of likely N-dealkylation sites (tertiary alicyclic amines) is 1. The molecule has 0 aliphatic carbocycles. The lowest BCUT2D eigenvalue weighted by molar-refractivity contribution is -0.137. The van der Waals surface area contributed by atoms with E-state index < -0.39 is 11.7 Å². The van der Waals surface area contributed by atoms with Crippen LogP contribution in [-0.2, 0) is 12.7 Å². The minimum absolute atomic E-state index is 0.000511. The molecule has 1 amide bonds. The van der Waals surface area contributed by atoms with Gasteiger partial charge in [0.05, 0.1) is 23.5 Å². The Morgan fingerprint density at radius 3 is 2.44 bits per heavy atom. The van der Waals surface area contributed by atoms with Crippen LogP contribution >= 0.6 is 11.6 Å². The number of rotatable bonds is 5. The topological polar surface area (TPSA) is 82.5 Å². The molecule has 0 bridgehead atoms. The Morgan fingerprint density at radius 2 is 1.72 bits per heavy atom. The molecular weight excluding hydrogens is 577 g/mol. The maximum absolute atomic E-state index is 13.9. The summed E-state index contributed by atoms with van der Waals surface area (Å²) in [4.78, 5) is 28.6. The van der Waals surface area contributed by atoms with Crippen LogP contribution < -0.4 is 10.6 Å². The second-order valence-electron chi connectivity index (χ2n) is 10.5. The number of hydrogen-bond donors (Lipinski definition) is 2. The molecule has 3 aromatic carbocycles. The molecule has 0 saturated carbocycles. The molecule has 0 atom stereocenters. The predicted octanol–water partition coefficient (Wildman–Crippen LogP) is 6.73. The third-order valence-corrected chi connectivity index (χ3v) is 8.07. The van der Waals surface area contributed by atoms with E-state index in [1.54, 1.807) is 54.7 Å². The standard InChI is InChI=1S/C32H28ClF3N6O/c1-37-22-12-14-42(15-13-22)30(43)19-6-9-23(10-7-19)40-31-39-18-20-17-38-29(25-4-2-3-5-27(25)32(34,35)36)26-16-21(33)8-11-24(26)28(20)41-31/h2-11,16,18,22,37H,12-15,17H2,1H3,(H,39,40,41). The fourth-order valence-corrected chi connectivity index (χ4v) is 5.70. The van der Waals surface area contributed by atoms with Gasteiger partial charge in [0.2, 0.25) is 5.95 Å². The molecule has 2 aliphatic heterocycles. The van der Waals surface area contributed by atoms with Crippen molar-refractivity contribution in [3.8, 4) is 11.3 Å². The molecule has 11 heteroatoms. The Balaban J connectivity index is 1.28. The second kappa shape index (κ2) is 11.8. The Hall–Kier alpha value is -4.28. The summed E-state index contributed by atoms with van der Waals surface area (Å²) in [5.41, 5.74) is 2.93. The quantitative estimate of drug-likeness (QED) is 0.264. The van der Waals surface area contributed by atoms with Crippen molar-refractivity contribution in [1.29, 1.82) is 0 Å². The molecule has 0 radical (unpaired) electrons. The van der Waals surface area contributed by atoms with Crippen molar-refractivity contribution in [2.24, 2.45) is 4.99 Å². The first-order chi connectivity index (χ1) is 20.7. The van der Waals surface area contributed by atoms with Gasteiger partial charge in [-0.05, 0) is 62.4 Å². The second-order valence-corrected chi connectivity index (χ2v) is 11.0. The van der Waals surface area contributed by atoms with Crippen LogP contribution in [-0.4, -0.2) is 52.7 Å². The maximum Gasteiger partial charge on any atom is 0.417 e. The molecule has 43 heavy (non-hydrogen) atoms. The van der Waals surface area contributed by atoms with Crippen molar-refractivity contribution in [2.75, 3.05) is 25.5 Å². The monoisotopic (exact) mass is 604 g/mol. The summed E-state index contributed by atoms with van der Waals surface area (Å²) in [6.45, 7) is 1.52. The number of nitrogens with zero attached hydrogens (tertiary/aromatic N) is 4. The molecule has 0 spiro atoms. The van der Waals surface area contributed by atoms with Gasteiger partial charge in [-0.2, -0.15) is 13.2 Å². The zero-order chi connectivity index (χ0) is 30.1. The van der Waals surface area contributed by atoms with Gasteiger partial charge in [0.1, 0.15) is 0 Å². The normalized spacial score (nSPS) is 15.3. The van der Waals surface area contributed by atoms with Gasteiger partial charge in [-0.1, -0.05) is 35.9 Å². The number of amides is 1. The molecule has 220 valence electrons. The predicted molar refractivity (Wildman–Crippen MR) is 161 cm³/mol. The van der Waals surface area contributed by atoms with E-state index >= 15 is 0 Å². The number of carbonyl (C=O) groups excluding carboxylic acids is 1. The highest BCUT2D eigenvalue weighted by atomic mass is 35.5. The fourth-order valence-electron chi connectivity index (χ4n) is 5.53. The highest BCUT2D eigenvalue weighted by molar-refractivity contribution is 6.31. The SMILES string of the molecule is CNC1CCN(C(=O)c2ccc(Nc3ncc4c(n3)-c3ccc(Cl)cc3C(c3ccccc3C(F)(F)F)=NC4)cc2)CC1. The van der Waals surface area contributed by atoms with Crippen LogP contribution in [0.25, 0.3) is 11.3 Å². The first kappa shape index (κ1) is 28.8. The summed E-state index contributed by atoms with van der Waals surface area (Å²) in [5, 5.41) is 6.82. The third-order valence-electron chi connectivity index (χ3n) is 7.83. The van der Waals surface area contributed by atoms with Crippen molar-refractivity contribution < 1.29 is 18.0 Å². The van der Waals surface area contributed by atoms with Crippen LogP contribution in [0.15, 0.2) is 77.9 Å². The molecule has 0 unspecified atom stereocenters. The third kappa shape index (κ3) is 5.98. The van der Waals surface area contributed by atoms with Crippen molar-refractivity contribution in [3.63, 3.8) is 0 Å². The summed E-state index contributed by atoms with van der Waals surface area (Å²) in [6.07, 6.45) is -1.09. The number of alkyl halides is 3. The molecule has 1 fully saturated rings. The van der Waals surface area contributed by atoms with Crippen LogP contribution in [0.2, 0.25) is 5.02 Å². The van der Waals surface area contributed by atoms with E-state index in [-0.39, 0.29) is 23.7 Å². The van der Waals surface area contributed by atoms with Crippen molar-refractivity contribution in [1.82, 2.24) is 20.2 Å². The molecule has 6 rings (SSSR count). The molecule has 2 aliphatic rings. The average molecular weight is 605 g/mol. The first-order valence-corrected chi connectivity index (χ1v) is 14.3. The van der Waals surface area contributed by atoms with E-state index in [1.165, 1.54) is 12.1 Å². The summed E-state index contributed by atoms with van der Waals surface area (Å²) in [6, 6.07) is 18.0. The van der Waals surface area contributed by atoms with E-state index in [0.29, 0.717) is 63.7 Å². The molecule has 2 N–H and O–H groups in total. The lowest BCUT2D eigenvalue weighted by Gasteiger charge is -2.31. The fraction of sp³-hybridized carbons (Fsp3) is 0.250. The number of anilines is 2. The zero-order valence-corrected chi connectivity index (χ0v) is 24.0. The van der Waals surface area contributed by atoms with Gasteiger partial charge >= 0.3 is 6.18 Å². The number of carbonyl (C=O) groups is 1. The Labute approximate surface area is 251 Å². The Bertz CT molecular complexity index is 1700. The Morgan fingerprint density at radius 1 is 0.977 bits per heavy atom. The molecule has 1 aromatic heterocycles. The minimum Gasteiger partial charge on any atom is -0.339 e. The van der Waals surface area contributed by atoms with Crippen LogP contribution in [0.4, 0.5) is 24.8 Å². The molecular formula is C32H28ClF3N6O. The average Bonchev–Trinajstić information content (AvgIpc) is 3.17. The summed E-state index contributed by atoms with van der Waals surface area (Å²) >= 11 is 6.32. The highest BCUT2D eigenvalue weighted by Gasteiger charge is 2.35. The number of benzene rings is 3. The van der Waals surface area contributed by atoms with E-state index in [9.17, 15) is 18.0 Å². The lowest BCUT2D eigenvalue weighted by Crippen LogP contribution is -2.43. The van der Waals surface area contributed by atoms with E-state index in [2.05, 4.69) is 20.6 Å². The minimum atomic E-state index is -4.56. The van der Waals surface area contributed by atoms with Gasteiger partial charge < -0.3 is 15.5 Å². The number of fused-ring (bicyclic) bond motifs is 3. The van der Waals surface area contributed by atoms with Crippen LogP contribution in [0.3, 0.4) is 0 Å². The van der Waals surface area contributed by atoms with Crippen LogP contribution in [0.5, 0.6) is 0 Å². The summed E-state index contributed by atoms with van der Waals surface area (Å²) in [5.74, 6) is 0.299. The molecule has 3 heterocycles. The number of halogens is 4.